The first-order valence-corrected chi connectivity index (χ1v) is 6.23. The molecular formula is C15H16F3N. The largest absolute Gasteiger partial charge is 0.416 e. The zero-order chi connectivity index (χ0) is 13.9. The molecule has 0 radical (unpaired) electrons. The van der Waals surface area contributed by atoms with E-state index in [0.29, 0.717) is 0 Å². The molecule has 1 N–H and O–H groups in total. The number of hydrogen-bond acceptors (Lipinski definition) is 1. The standard InChI is InChI=1S/C15H16F3N/c1-11(19-14-5-3-2-4-6-14)12-7-9-13(10-8-12)15(16,17)18/h2-5,7-11,14,19H,6H2,1H3. The van der Waals surface area contributed by atoms with Crippen LogP contribution >= 0.6 is 0 Å². The Kier molecular flexibility index (Phi) is 4.10. The van der Waals surface area contributed by atoms with Crippen molar-refractivity contribution in [1.29, 1.82) is 0 Å². The van der Waals surface area contributed by atoms with Crippen LogP contribution in [0, 0.1) is 0 Å². The number of rotatable bonds is 3. The number of nitrogens with one attached hydrogen (secondary N) is 1. The van der Waals surface area contributed by atoms with Crippen LogP contribution in [0.15, 0.2) is 48.6 Å². The molecule has 1 aliphatic carbocycles. The van der Waals surface area contributed by atoms with Gasteiger partial charge in [0.05, 0.1) is 5.56 Å². The molecule has 4 heteroatoms. The second-order valence-corrected chi connectivity index (χ2v) is 4.66. The lowest BCUT2D eigenvalue weighted by Crippen LogP contribution is -2.30. The van der Waals surface area contributed by atoms with Crippen molar-refractivity contribution < 1.29 is 13.2 Å². The Morgan fingerprint density at radius 2 is 1.84 bits per heavy atom. The quantitative estimate of drug-likeness (QED) is 0.863. The van der Waals surface area contributed by atoms with Crippen molar-refractivity contribution in [2.75, 3.05) is 0 Å². The van der Waals surface area contributed by atoms with Gasteiger partial charge < -0.3 is 5.32 Å². The van der Waals surface area contributed by atoms with Crippen LogP contribution in [0.25, 0.3) is 0 Å². The van der Waals surface area contributed by atoms with Gasteiger partial charge in [0.25, 0.3) is 0 Å². The summed E-state index contributed by atoms with van der Waals surface area (Å²) < 4.78 is 37.4. The highest BCUT2D eigenvalue weighted by molar-refractivity contribution is 5.27. The van der Waals surface area contributed by atoms with E-state index in [1.54, 1.807) is 0 Å². The highest BCUT2D eigenvalue weighted by Crippen LogP contribution is 2.30. The summed E-state index contributed by atoms with van der Waals surface area (Å²) in [5.41, 5.74) is 0.250. The van der Waals surface area contributed by atoms with Crippen molar-refractivity contribution >= 4 is 0 Å². The van der Waals surface area contributed by atoms with Crippen molar-refractivity contribution in [1.82, 2.24) is 5.32 Å². The van der Waals surface area contributed by atoms with Gasteiger partial charge >= 0.3 is 6.18 Å². The van der Waals surface area contributed by atoms with Crippen molar-refractivity contribution in [3.8, 4) is 0 Å². The Balaban J connectivity index is 2.01. The van der Waals surface area contributed by atoms with Gasteiger partial charge in [0.15, 0.2) is 0 Å². The van der Waals surface area contributed by atoms with Gasteiger partial charge in [-0.15, -0.1) is 0 Å². The van der Waals surface area contributed by atoms with E-state index in [-0.39, 0.29) is 12.1 Å². The van der Waals surface area contributed by atoms with Crippen molar-refractivity contribution in [2.24, 2.45) is 0 Å². The summed E-state index contributed by atoms with van der Waals surface area (Å²) in [6.07, 6.45) is 4.72. The molecule has 0 fully saturated rings. The SMILES string of the molecule is CC(NC1C=CC=CC1)c1ccc(C(F)(F)F)cc1. The van der Waals surface area contributed by atoms with E-state index in [2.05, 4.69) is 17.5 Å². The molecule has 0 spiro atoms. The van der Waals surface area contributed by atoms with Gasteiger partial charge in [0.1, 0.15) is 0 Å². The predicted octanol–water partition coefficient (Wildman–Crippen LogP) is 4.24. The summed E-state index contributed by atoms with van der Waals surface area (Å²) in [5, 5.41) is 3.37. The number of alkyl halides is 3. The van der Waals surface area contributed by atoms with Gasteiger partial charge in [-0.05, 0) is 31.0 Å². The molecule has 0 heterocycles. The molecule has 0 aliphatic heterocycles. The van der Waals surface area contributed by atoms with Gasteiger partial charge in [0.2, 0.25) is 0 Å². The number of hydrogen-bond donors (Lipinski definition) is 1. The minimum atomic E-state index is -4.27. The second kappa shape index (κ2) is 5.61. The first-order valence-electron chi connectivity index (χ1n) is 6.23. The Bertz CT molecular complexity index is 471. The van der Waals surface area contributed by atoms with E-state index in [9.17, 15) is 13.2 Å². The number of allylic oxidation sites excluding steroid dienone is 2. The normalized spacial score (nSPS) is 20.5. The molecule has 0 saturated carbocycles. The van der Waals surface area contributed by atoms with E-state index < -0.39 is 11.7 Å². The molecule has 2 rings (SSSR count). The van der Waals surface area contributed by atoms with E-state index in [1.165, 1.54) is 12.1 Å². The topological polar surface area (TPSA) is 12.0 Å². The van der Waals surface area contributed by atoms with Crippen LogP contribution in [0.5, 0.6) is 0 Å². The molecule has 19 heavy (non-hydrogen) atoms. The molecule has 1 aliphatic rings. The molecule has 2 unspecified atom stereocenters. The van der Waals surface area contributed by atoms with Gasteiger partial charge in [0, 0.05) is 12.1 Å². The molecule has 0 aromatic heterocycles. The summed E-state index contributed by atoms with van der Waals surface area (Å²) >= 11 is 0. The predicted molar refractivity (Wildman–Crippen MR) is 69.7 cm³/mol. The maximum atomic E-state index is 12.5. The highest BCUT2D eigenvalue weighted by atomic mass is 19.4. The molecule has 1 aromatic carbocycles. The zero-order valence-electron chi connectivity index (χ0n) is 10.6. The van der Waals surface area contributed by atoms with Crippen LogP contribution in [-0.2, 0) is 6.18 Å². The number of halogens is 3. The molecule has 0 saturated heterocycles. The van der Waals surface area contributed by atoms with E-state index in [1.807, 2.05) is 19.1 Å². The Labute approximate surface area is 110 Å². The Morgan fingerprint density at radius 3 is 2.37 bits per heavy atom. The summed E-state index contributed by atoms with van der Waals surface area (Å²) in [5.74, 6) is 0. The van der Waals surface area contributed by atoms with Crippen LogP contribution in [0.2, 0.25) is 0 Å². The van der Waals surface area contributed by atoms with Gasteiger partial charge in [-0.2, -0.15) is 13.2 Å². The molecule has 1 nitrogen and oxygen atoms in total. The average molecular weight is 267 g/mol. The van der Waals surface area contributed by atoms with E-state index in [4.69, 9.17) is 0 Å². The van der Waals surface area contributed by atoms with Crippen LogP contribution in [0.3, 0.4) is 0 Å². The Morgan fingerprint density at radius 1 is 1.16 bits per heavy atom. The van der Waals surface area contributed by atoms with Gasteiger partial charge in [-0.25, -0.2) is 0 Å². The lowest BCUT2D eigenvalue weighted by atomic mass is 10.0. The first kappa shape index (κ1) is 13.9. The lowest BCUT2D eigenvalue weighted by molar-refractivity contribution is -0.137. The van der Waals surface area contributed by atoms with Crippen molar-refractivity contribution in [2.45, 2.75) is 31.6 Å². The summed E-state index contributed by atoms with van der Waals surface area (Å²) in [7, 11) is 0. The lowest BCUT2D eigenvalue weighted by Gasteiger charge is -2.21. The van der Waals surface area contributed by atoms with Gasteiger partial charge in [-0.3, -0.25) is 0 Å². The van der Waals surface area contributed by atoms with Crippen molar-refractivity contribution in [3.63, 3.8) is 0 Å². The van der Waals surface area contributed by atoms with Crippen molar-refractivity contribution in [3.05, 3.63) is 59.7 Å². The van der Waals surface area contributed by atoms with Crippen LogP contribution in [0.4, 0.5) is 13.2 Å². The molecular weight excluding hydrogens is 251 g/mol. The zero-order valence-corrected chi connectivity index (χ0v) is 10.6. The molecule has 0 bridgehead atoms. The fourth-order valence-corrected chi connectivity index (χ4v) is 2.08. The third kappa shape index (κ3) is 3.70. The first-order chi connectivity index (χ1) is 8.97. The van der Waals surface area contributed by atoms with Crippen LogP contribution in [0.1, 0.15) is 30.5 Å². The Hall–Kier alpha value is -1.55. The van der Waals surface area contributed by atoms with Gasteiger partial charge in [-0.1, -0.05) is 36.4 Å². The number of benzene rings is 1. The highest BCUT2D eigenvalue weighted by Gasteiger charge is 2.30. The van der Waals surface area contributed by atoms with E-state index >= 15 is 0 Å². The summed E-state index contributed by atoms with van der Waals surface area (Å²) in [6, 6.07) is 5.57. The smallest absolute Gasteiger partial charge is 0.304 e. The monoisotopic (exact) mass is 267 g/mol. The summed E-state index contributed by atoms with van der Waals surface area (Å²) in [4.78, 5) is 0. The maximum Gasteiger partial charge on any atom is 0.416 e. The van der Waals surface area contributed by atoms with Crippen LogP contribution < -0.4 is 5.32 Å². The van der Waals surface area contributed by atoms with E-state index in [0.717, 1.165) is 24.1 Å². The maximum absolute atomic E-state index is 12.5. The molecule has 2 atom stereocenters. The minimum Gasteiger partial charge on any atom is -0.304 e. The average Bonchev–Trinajstić information content (AvgIpc) is 2.39. The minimum absolute atomic E-state index is 0.0171. The fourth-order valence-electron chi connectivity index (χ4n) is 2.08. The molecule has 1 aromatic rings. The second-order valence-electron chi connectivity index (χ2n) is 4.66. The molecule has 102 valence electrons. The third-order valence-electron chi connectivity index (χ3n) is 3.18. The fraction of sp³-hybridized carbons (Fsp3) is 0.333. The van der Waals surface area contributed by atoms with Crippen LogP contribution in [-0.4, -0.2) is 6.04 Å². The third-order valence-corrected chi connectivity index (χ3v) is 3.18. The molecule has 0 amide bonds. The summed E-state index contributed by atoms with van der Waals surface area (Å²) in [6.45, 7) is 1.95.